The lowest BCUT2D eigenvalue weighted by Crippen LogP contribution is -2.78. The van der Waals surface area contributed by atoms with Crippen molar-refractivity contribution in [3.8, 4) is 0 Å². The predicted octanol–water partition coefficient (Wildman–Crippen LogP) is 3.04. The topological polar surface area (TPSA) is 106 Å². The fourth-order valence-corrected chi connectivity index (χ4v) is 4.53. The number of carbonyl (C=O) groups excluding carboxylic acids is 3. The molecule has 0 aromatic heterocycles. The van der Waals surface area contributed by atoms with E-state index in [-0.39, 0.29) is 36.9 Å². The number of hydrogen-bond donors (Lipinski definition) is 3. The molecule has 31 heavy (non-hydrogen) atoms. The van der Waals surface area contributed by atoms with Crippen molar-refractivity contribution in [3.63, 3.8) is 0 Å². The van der Waals surface area contributed by atoms with Gasteiger partial charge in [-0.1, -0.05) is 33.1 Å². The van der Waals surface area contributed by atoms with Gasteiger partial charge in [0.1, 0.15) is 11.1 Å². The first-order valence-corrected chi connectivity index (χ1v) is 11.6. The van der Waals surface area contributed by atoms with Crippen LogP contribution in [-0.4, -0.2) is 54.3 Å². The third-order valence-corrected chi connectivity index (χ3v) is 6.47. The lowest BCUT2D eigenvalue weighted by atomic mass is 9.53. The molecule has 0 aromatic carbocycles. The van der Waals surface area contributed by atoms with Gasteiger partial charge in [0.15, 0.2) is 0 Å². The molecule has 2 rings (SSSR count). The van der Waals surface area contributed by atoms with Crippen molar-refractivity contribution in [1.29, 1.82) is 0 Å². The first-order chi connectivity index (χ1) is 14.4. The third-order valence-electron chi connectivity index (χ3n) is 6.47. The van der Waals surface area contributed by atoms with E-state index in [0.717, 1.165) is 25.7 Å². The monoisotopic (exact) mass is 439 g/mol. The first kappa shape index (κ1) is 25.4. The minimum atomic E-state index is -1.16. The molecule has 2 aliphatic carbocycles. The molecule has 2 aliphatic rings. The van der Waals surface area contributed by atoms with Gasteiger partial charge in [0, 0.05) is 37.5 Å². The Hall–Kier alpha value is -1.83. The zero-order valence-electron chi connectivity index (χ0n) is 20.1. The molecule has 0 aromatic rings. The van der Waals surface area contributed by atoms with E-state index < -0.39 is 22.6 Å². The third kappa shape index (κ3) is 6.34. The molecule has 0 bridgehead atoms. The van der Waals surface area contributed by atoms with Gasteiger partial charge in [-0.25, -0.2) is 4.79 Å². The van der Waals surface area contributed by atoms with Crippen LogP contribution in [-0.2, 0) is 19.1 Å². The molecule has 2 saturated carbocycles. The largest absolute Gasteiger partial charge is 0.444 e. The average molecular weight is 440 g/mol. The second-order valence-corrected chi connectivity index (χ2v) is 10.3. The number of nitrogens with one attached hydrogen (secondary N) is 3. The lowest BCUT2D eigenvalue weighted by Gasteiger charge is -2.59. The van der Waals surface area contributed by atoms with E-state index in [1.807, 2.05) is 20.8 Å². The first-order valence-electron chi connectivity index (χ1n) is 11.6. The molecule has 2 fully saturated rings. The molecule has 8 nitrogen and oxygen atoms in total. The van der Waals surface area contributed by atoms with Gasteiger partial charge in [0.25, 0.3) is 0 Å². The van der Waals surface area contributed by atoms with E-state index in [1.165, 1.54) is 6.42 Å². The summed E-state index contributed by atoms with van der Waals surface area (Å²) in [5, 5.41) is 8.73. The van der Waals surface area contributed by atoms with Crippen LogP contribution in [0.4, 0.5) is 4.79 Å². The number of alkyl carbamates (subject to hydrolysis) is 1. The molecule has 8 heteroatoms. The van der Waals surface area contributed by atoms with E-state index in [2.05, 4.69) is 16.0 Å². The van der Waals surface area contributed by atoms with E-state index >= 15 is 0 Å². The van der Waals surface area contributed by atoms with Gasteiger partial charge >= 0.3 is 6.09 Å². The Balaban J connectivity index is 1.97. The quantitative estimate of drug-likeness (QED) is 0.539. The van der Waals surface area contributed by atoms with Gasteiger partial charge in [-0.3, -0.25) is 9.59 Å². The van der Waals surface area contributed by atoms with Gasteiger partial charge in [-0.2, -0.15) is 0 Å². The second kappa shape index (κ2) is 10.2. The smallest absolute Gasteiger partial charge is 0.408 e. The maximum absolute atomic E-state index is 13.2. The molecule has 0 saturated heterocycles. The fraction of sp³-hybridized carbons (Fsp3) is 0.870. The Morgan fingerprint density at radius 3 is 2.26 bits per heavy atom. The molecule has 0 spiro atoms. The summed E-state index contributed by atoms with van der Waals surface area (Å²) in [6.45, 7) is 11.8. The van der Waals surface area contributed by atoms with E-state index in [4.69, 9.17) is 9.47 Å². The molecule has 2 atom stereocenters. The maximum Gasteiger partial charge on any atom is 0.408 e. The molecular formula is C23H41N3O5. The summed E-state index contributed by atoms with van der Waals surface area (Å²) < 4.78 is 11.2. The lowest BCUT2D eigenvalue weighted by molar-refractivity contribution is -0.178. The van der Waals surface area contributed by atoms with Gasteiger partial charge in [0.2, 0.25) is 11.8 Å². The second-order valence-electron chi connectivity index (χ2n) is 10.3. The van der Waals surface area contributed by atoms with Crippen LogP contribution in [0.25, 0.3) is 0 Å². The Morgan fingerprint density at radius 1 is 1.06 bits per heavy atom. The summed E-state index contributed by atoms with van der Waals surface area (Å²) in [5.41, 5.74) is -2.46. The van der Waals surface area contributed by atoms with E-state index in [1.54, 1.807) is 20.8 Å². The Morgan fingerprint density at radius 2 is 1.71 bits per heavy atom. The van der Waals surface area contributed by atoms with Crippen LogP contribution in [0.2, 0.25) is 0 Å². The normalized spacial score (nSPS) is 25.8. The molecule has 0 radical (unpaired) electrons. The summed E-state index contributed by atoms with van der Waals surface area (Å²) in [5.74, 6) is -0.369. The van der Waals surface area contributed by atoms with Gasteiger partial charge < -0.3 is 25.4 Å². The van der Waals surface area contributed by atoms with Crippen molar-refractivity contribution in [3.05, 3.63) is 0 Å². The van der Waals surface area contributed by atoms with E-state index in [0.29, 0.717) is 13.0 Å². The standard InChI is InChI=1S/C23H41N3O5/c1-7-30-17-15-23(22(17,5)6,26-20(29)31-21(2,3)4)19(28)24-14-13-18(27)25-16-11-9-8-10-12-16/h16-17H,7-15H2,1-6H3,(H,24,28)(H,25,27)(H,26,29)/t17-,23-/m1/s1. The van der Waals surface area contributed by atoms with Crippen LogP contribution >= 0.6 is 0 Å². The van der Waals surface area contributed by atoms with Crippen LogP contribution < -0.4 is 16.0 Å². The summed E-state index contributed by atoms with van der Waals surface area (Å²) in [6, 6.07) is 0.245. The zero-order valence-corrected chi connectivity index (χ0v) is 20.1. The van der Waals surface area contributed by atoms with Gasteiger partial charge in [-0.15, -0.1) is 0 Å². The number of hydrogen-bond acceptors (Lipinski definition) is 5. The number of amides is 3. The van der Waals surface area contributed by atoms with Gasteiger partial charge in [0.05, 0.1) is 6.10 Å². The molecule has 0 heterocycles. The van der Waals surface area contributed by atoms with Crippen LogP contribution in [0.15, 0.2) is 0 Å². The van der Waals surface area contributed by atoms with Crippen molar-refractivity contribution in [2.45, 2.75) is 110 Å². The minimum absolute atomic E-state index is 0.0542. The molecule has 3 N–H and O–H groups in total. The SMILES string of the molecule is CCO[C@@H]1C[C@@](NC(=O)OC(C)(C)C)(C(=O)NCCC(=O)NC2CCCCC2)C1(C)C. The highest BCUT2D eigenvalue weighted by atomic mass is 16.6. The van der Waals surface area contributed by atoms with Crippen molar-refractivity contribution in [1.82, 2.24) is 16.0 Å². The molecule has 178 valence electrons. The minimum Gasteiger partial charge on any atom is -0.444 e. The highest BCUT2D eigenvalue weighted by Crippen LogP contribution is 2.51. The highest BCUT2D eigenvalue weighted by molar-refractivity contribution is 5.93. The molecular weight excluding hydrogens is 398 g/mol. The Bertz CT molecular complexity index is 652. The van der Waals surface area contributed by atoms with Crippen molar-refractivity contribution in [2.24, 2.45) is 5.41 Å². The van der Waals surface area contributed by atoms with Crippen molar-refractivity contribution >= 4 is 17.9 Å². The van der Waals surface area contributed by atoms with Crippen LogP contribution in [0.1, 0.15) is 86.5 Å². The maximum atomic E-state index is 13.2. The Kier molecular flexibility index (Phi) is 8.36. The van der Waals surface area contributed by atoms with Crippen LogP contribution in [0, 0.1) is 5.41 Å². The predicted molar refractivity (Wildman–Crippen MR) is 119 cm³/mol. The summed E-state index contributed by atoms with van der Waals surface area (Å²) in [7, 11) is 0. The number of ether oxygens (including phenoxy) is 2. The summed E-state index contributed by atoms with van der Waals surface area (Å²) in [4.78, 5) is 38.0. The summed E-state index contributed by atoms with van der Waals surface area (Å²) in [6.07, 6.45) is 5.34. The summed E-state index contributed by atoms with van der Waals surface area (Å²) >= 11 is 0. The number of carbonyl (C=O) groups is 3. The van der Waals surface area contributed by atoms with Crippen molar-refractivity contribution in [2.75, 3.05) is 13.2 Å². The molecule has 3 amide bonds. The Labute approximate surface area is 186 Å². The average Bonchev–Trinajstić information content (AvgIpc) is 2.66. The molecule has 0 unspecified atom stereocenters. The van der Waals surface area contributed by atoms with Crippen LogP contribution in [0.3, 0.4) is 0 Å². The highest BCUT2D eigenvalue weighted by Gasteiger charge is 2.66. The zero-order chi connectivity index (χ0) is 23.3. The van der Waals surface area contributed by atoms with Crippen molar-refractivity contribution < 1.29 is 23.9 Å². The fourth-order valence-electron chi connectivity index (χ4n) is 4.53. The van der Waals surface area contributed by atoms with Crippen LogP contribution in [0.5, 0.6) is 0 Å². The van der Waals surface area contributed by atoms with Gasteiger partial charge in [-0.05, 0) is 40.5 Å². The molecule has 0 aliphatic heterocycles. The number of rotatable bonds is 8. The van der Waals surface area contributed by atoms with E-state index in [9.17, 15) is 14.4 Å².